The molecule has 146 valence electrons. The summed E-state index contributed by atoms with van der Waals surface area (Å²) in [5.41, 5.74) is 0.493. The van der Waals surface area contributed by atoms with Gasteiger partial charge in [-0.25, -0.2) is 0 Å². The fourth-order valence-corrected chi connectivity index (χ4v) is 3.28. The van der Waals surface area contributed by atoms with Gasteiger partial charge in [0.25, 0.3) is 0 Å². The summed E-state index contributed by atoms with van der Waals surface area (Å²) in [7, 11) is 3.24. The van der Waals surface area contributed by atoms with Crippen molar-refractivity contribution in [3.05, 3.63) is 23.8 Å². The van der Waals surface area contributed by atoms with Crippen LogP contribution in [0, 0.1) is 0 Å². The van der Waals surface area contributed by atoms with Gasteiger partial charge in [-0.1, -0.05) is 6.07 Å². The highest BCUT2D eigenvalue weighted by atomic mass is 16.5. The van der Waals surface area contributed by atoms with E-state index >= 15 is 0 Å². The lowest BCUT2D eigenvalue weighted by molar-refractivity contribution is -0.131. The second-order valence-corrected chi connectivity index (χ2v) is 6.60. The molecule has 2 rings (SSSR count). The number of nitrogens with one attached hydrogen (secondary N) is 1. The average molecular weight is 366 g/mol. The fourth-order valence-electron chi connectivity index (χ4n) is 3.28. The molecule has 2 N–H and O–H groups in total. The van der Waals surface area contributed by atoms with Gasteiger partial charge in [-0.2, -0.15) is 0 Å². The van der Waals surface area contributed by atoms with Gasteiger partial charge in [0.1, 0.15) is 6.61 Å². The summed E-state index contributed by atoms with van der Waals surface area (Å²) in [6.07, 6.45) is 1.77. The molecule has 0 bridgehead atoms. The van der Waals surface area contributed by atoms with Gasteiger partial charge in [0.15, 0.2) is 11.5 Å². The molecule has 1 aliphatic heterocycles. The summed E-state index contributed by atoms with van der Waals surface area (Å²) >= 11 is 0. The second kappa shape index (κ2) is 9.75. The average Bonchev–Trinajstić information content (AvgIpc) is 3.02. The summed E-state index contributed by atoms with van der Waals surface area (Å²) in [6, 6.07) is 5.84. The van der Waals surface area contributed by atoms with E-state index in [2.05, 4.69) is 10.2 Å². The molecule has 1 atom stereocenters. The number of aliphatic hydroxyl groups excluding tert-OH is 1. The Hall–Kier alpha value is -1.83. The Bertz CT molecular complexity index is 595. The van der Waals surface area contributed by atoms with Crippen LogP contribution >= 0.6 is 0 Å². The van der Waals surface area contributed by atoms with Gasteiger partial charge in [-0.05, 0) is 44.0 Å². The van der Waals surface area contributed by atoms with Gasteiger partial charge in [0.05, 0.1) is 25.9 Å². The third-order valence-electron chi connectivity index (χ3n) is 4.82. The maximum Gasteiger partial charge on any atom is 0.240 e. The van der Waals surface area contributed by atoms with Gasteiger partial charge in [0.2, 0.25) is 5.91 Å². The molecule has 1 aliphatic rings. The number of amides is 1. The first-order chi connectivity index (χ1) is 12.5. The predicted molar refractivity (Wildman–Crippen MR) is 98.5 cm³/mol. The summed E-state index contributed by atoms with van der Waals surface area (Å²) in [6.45, 7) is 4.64. The monoisotopic (exact) mass is 366 g/mol. The zero-order valence-corrected chi connectivity index (χ0v) is 15.9. The van der Waals surface area contributed by atoms with Crippen molar-refractivity contribution in [2.24, 2.45) is 0 Å². The van der Waals surface area contributed by atoms with Crippen LogP contribution in [0.15, 0.2) is 18.2 Å². The SMILES string of the molecule is COCCOc1cc(CN2CCC[C@@]2(C)C(=O)NCCO)ccc1OC. The minimum Gasteiger partial charge on any atom is -0.493 e. The number of carbonyl (C=O) groups is 1. The van der Waals surface area contributed by atoms with E-state index in [4.69, 9.17) is 19.3 Å². The number of likely N-dealkylation sites (tertiary alicyclic amines) is 1. The molecule has 0 aliphatic carbocycles. The number of nitrogens with zero attached hydrogens (tertiary/aromatic N) is 1. The number of aliphatic hydroxyl groups is 1. The van der Waals surface area contributed by atoms with Crippen LogP contribution in [0.5, 0.6) is 11.5 Å². The Labute approximate surface area is 155 Å². The highest BCUT2D eigenvalue weighted by molar-refractivity contribution is 5.86. The topological polar surface area (TPSA) is 80.3 Å². The largest absolute Gasteiger partial charge is 0.493 e. The molecule has 0 radical (unpaired) electrons. The van der Waals surface area contributed by atoms with E-state index < -0.39 is 5.54 Å². The van der Waals surface area contributed by atoms with E-state index in [0.29, 0.717) is 31.3 Å². The number of ether oxygens (including phenoxy) is 3. The zero-order valence-electron chi connectivity index (χ0n) is 15.9. The number of hydrogen-bond donors (Lipinski definition) is 2. The molecule has 26 heavy (non-hydrogen) atoms. The molecule has 7 heteroatoms. The number of carbonyl (C=O) groups excluding carboxylic acids is 1. The van der Waals surface area contributed by atoms with Gasteiger partial charge in [-0.15, -0.1) is 0 Å². The first-order valence-corrected chi connectivity index (χ1v) is 8.98. The molecule has 1 amide bonds. The molecule has 0 unspecified atom stereocenters. The summed E-state index contributed by atoms with van der Waals surface area (Å²) in [5, 5.41) is 11.8. The van der Waals surface area contributed by atoms with Crippen LogP contribution in [0.1, 0.15) is 25.3 Å². The normalized spacial score (nSPS) is 20.2. The van der Waals surface area contributed by atoms with Crippen molar-refractivity contribution in [1.29, 1.82) is 0 Å². The lowest BCUT2D eigenvalue weighted by Gasteiger charge is -2.34. The van der Waals surface area contributed by atoms with Gasteiger partial charge in [-0.3, -0.25) is 9.69 Å². The fraction of sp³-hybridized carbons (Fsp3) is 0.632. The highest BCUT2D eigenvalue weighted by Gasteiger charge is 2.42. The summed E-state index contributed by atoms with van der Waals surface area (Å²) < 4.78 is 16.1. The molecular formula is C19H30N2O5. The molecule has 1 saturated heterocycles. The Morgan fingerprint density at radius 1 is 1.31 bits per heavy atom. The van der Waals surface area contributed by atoms with Crippen LogP contribution in [-0.2, 0) is 16.1 Å². The van der Waals surface area contributed by atoms with E-state index in [1.807, 2.05) is 25.1 Å². The summed E-state index contributed by atoms with van der Waals surface area (Å²) in [4.78, 5) is 14.7. The minimum atomic E-state index is -0.563. The van der Waals surface area contributed by atoms with Crippen molar-refractivity contribution in [3.8, 4) is 11.5 Å². The van der Waals surface area contributed by atoms with Crippen molar-refractivity contribution in [2.45, 2.75) is 31.8 Å². The number of benzene rings is 1. The number of hydrogen-bond acceptors (Lipinski definition) is 6. The number of rotatable bonds is 10. The molecule has 1 fully saturated rings. The maximum atomic E-state index is 12.5. The molecule has 1 aromatic carbocycles. The standard InChI is InChI=1S/C19H30N2O5/c1-19(18(23)20-8-10-22)7-4-9-21(19)14-15-5-6-16(25-3)17(13-15)26-12-11-24-2/h5-6,13,22H,4,7-12,14H2,1-3H3,(H,20,23)/t19-/m0/s1. The smallest absolute Gasteiger partial charge is 0.240 e. The lowest BCUT2D eigenvalue weighted by Crippen LogP contribution is -2.53. The second-order valence-electron chi connectivity index (χ2n) is 6.60. The Morgan fingerprint density at radius 2 is 2.12 bits per heavy atom. The van der Waals surface area contributed by atoms with Crippen LogP contribution in [0.25, 0.3) is 0 Å². The van der Waals surface area contributed by atoms with Gasteiger partial charge in [0, 0.05) is 20.2 Å². The van der Waals surface area contributed by atoms with Crippen LogP contribution in [0.3, 0.4) is 0 Å². The van der Waals surface area contributed by atoms with E-state index in [9.17, 15) is 4.79 Å². The first kappa shape index (κ1) is 20.5. The minimum absolute atomic E-state index is 0.0332. The summed E-state index contributed by atoms with van der Waals surface area (Å²) in [5.74, 6) is 1.32. The molecule has 1 heterocycles. The highest BCUT2D eigenvalue weighted by Crippen LogP contribution is 2.33. The predicted octanol–water partition coefficient (Wildman–Crippen LogP) is 1.18. The van der Waals surface area contributed by atoms with E-state index in [1.165, 1.54) is 0 Å². The van der Waals surface area contributed by atoms with Crippen molar-refractivity contribution >= 4 is 5.91 Å². The third-order valence-corrected chi connectivity index (χ3v) is 4.82. The first-order valence-electron chi connectivity index (χ1n) is 8.98. The van der Waals surface area contributed by atoms with E-state index in [-0.39, 0.29) is 19.1 Å². The quantitative estimate of drug-likeness (QED) is 0.606. The Kier molecular flexibility index (Phi) is 7.68. The van der Waals surface area contributed by atoms with Crippen molar-refractivity contribution in [2.75, 3.05) is 47.1 Å². The molecule has 0 aromatic heterocycles. The van der Waals surface area contributed by atoms with E-state index in [0.717, 1.165) is 24.9 Å². The van der Waals surface area contributed by atoms with Crippen molar-refractivity contribution < 1.29 is 24.1 Å². The van der Waals surface area contributed by atoms with Crippen LogP contribution in [-0.4, -0.2) is 68.6 Å². The zero-order chi connectivity index (χ0) is 19.0. The lowest BCUT2D eigenvalue weighted by atomic mass is 9.97. The Morgan fingerprint density at radius 3 is 2.81 bits per heavy atom. The molecule has 7 nitrogen and oxygen atoms in total. The van der Waals surface area contributed by atoms with Gasteiger partial charge >= 0.3 is 0 Å². The molecule has 0 saturated carbocycles. The molecular weight excluding hydrogens is 336 g/mol. The molecule has 1 aromatic rings. The van der Waals surface area contributed by atoms with Crippen LogP contribution in [0.4, 0.5) is 0 Å². The molecule has 0 spiro atoms. The van der Waals surface area contributed by atoms with E-state index in [1.54, 1.807) is 14.2 Å². The Balaban J connectivity index is 2.10. The third kappa shape index (κ3) is 4.87. The van der Waals surface area contributed by atoms with Gasteiger partial charge < -0.3 is 24.6 Å². The number of methoxy groups -OCH3 is 2. The van der Waals surface area contributed by atoms with Crippen molar-refractivity contribution in [1.82, 2.24) is 10.2 Å². The van der Waals surface area contributed by atoms with Crippen LogP contribution in [0.2, 0.25) is 0 Å². The van der Waals surface area contributed by atoms with Crippen LogP contribution < -0.4 is 14.8 Å². The van der Waals surface area contributed by atoms with Crippen molar-refractivity contribution in [3.63, 3.8) is 0 Å². The maximum absolute atomic E-state index is 12.5.